The van der Waals surface area contributed by atoms with Crippen LogP contribution in [0.5, 0.6) is 0 Å². The van der Waals surface area contributed by atoms with Crippen molar-refractivity contribution in [1.29, 1.82) is 0 Å². The van der Waals surface area contributed by atoms with Crippen molar-refractivity contribution in [2.45, 2.75) is 13.5 Å². The highest BCUT2D eigenvalue weighted by atomic mass is 16.5. The number of anilines is 1. The standard InChI is InChI=1S/C14H16N2O2/c1-3-16-8-12(13(9-16)14(17)18-2)10-5-4-6-11(15)7-10/h4-9H,3,15H2,1-2H3. The molecule has 1 heterocycles. The Morgan fingerprint density at radius 2 is 2.17 bits per heavy atom. The Kier molecular flexibility index (Phi) is 3.37. The van der Waals surface area contributed by atoms with Gasteiger partial charge in [-0.25, -0.2) is 4.79 Å². The fourth-order valence-corrected chi connectivity index (χ4v) is 1.90. The van der Waals surface area contributed by atoms with E-state index in [0.717, 1.165) is 17.7 Å². The molecule has 1 aromatic carbocycles. The lowest BCUT2D eigenvalue weighted by atomic mass is 10.0. The molecule has 18 heavy (non-hydrogen) atoms. The van der Waals surface area contributed by atoms with Gasteiger partial charge in [0.1, 0.15) is 0 Å². The zero-order valence-electron chi connectivity index (χ0n) is 10.5. The molecule has 4 nitrogen and oxygen atoms in total. The van der Waals surface area contributed by atoms with Crippen molar-refractivity contribution in [2.24, 2.45) is 0 Å². The number of hydrogen-bond acceptors (Lipinski definition) is 3. The fourth-order valence-electron chi connectivity index (χ4n) is 1.90. The smallest absolute Gasteiger partial charge is 0.340 e. The molecule has 0 fully saturated rings. The van der Waals surface area contributed by atoms with Gasteiger partial charge in [0.2, 0.25) is 0 Å². The van der Waals surface area contributed by atoms with Gasteiger partial charge in [-0.3, -0.25) is 0 Å². The van der Waals surface area contributed by atoms with Gasteiger partial charge in [-0.15, -0.1) is 0 Å². The maximum Gasteiger partial charge on any atom is 0.340 e. The van der Waals surface area contributed by atoms with Gasteiger partial charge in [-0.1, -0.05) is 12.1 Å². The van der Waals surface area contributed by atoms with Gasteiger partial charge < -0.3 is 15.0 Å². The van der Waals surface area contributed by atoms with Gasteiger partial charge in [-0.05, 0) is 24.6 Å². The molecule has 0 aliphatic heterocycles. The van der Waals surface area contributed by atoms with E-state index in [-0.39, 0.29) is 5.97 Å². The molecule has 0 aliphatic rings. The molecule has 0 saturated heterocycles. The number of ether oxygens (including phenoxy) is 1. The zero-order valence-corrected chi connectivity index (χ0v) is 10.5. The van der Waals surface area contributed by atoms with Gasteiger partial charge >= 0.3 is 5.97 Å². The van der Waals surface area contributed by atoms with Crippen LogP contribution >= 0.6 is 0 Å². The number of esters is 1. The molecule has 1 aromatic heterocycles. The van der Waals surface area contributed by atoms with Gasteiger partial charge in [0.05, 0.1) is 12.7 Å². The normalized spacial score (nSPS) is 10.3. The molecule has 0 saturated carbocycles. The first-order chi connectivity index (χ1) is 8.65. The lowest BCUT2D eigenvalue weighted by Gasteiger charge is -2.03. The number of hydrogen-bond donors (Lipinski definition) is 1. The first-order valence-electron chi connectivity index (χ1n) is 5.79. The Hall–Kier alpha value is -2.23. The summed E-state index contributed by atoms with van der Waals surface area (Å²) in [4.78, 5) is 11.8. The second-order valence-corrected chi connectivity index (χ2v) is 4.03. The fraction of sp³-hybridized carbons (Fsp3) is 0.214. The van der Waals surface area contributed by atoms with Crippen LogP contribution in [0.3, 0.4) is 0 Å². The second-order valence-electron chi connectivity index (χ2n) is 4.03. The van der Waals surface area contributed by atoms with Crippen LogP contribution in [0.15, 0.2) is 36.7 Å². The number of aromatic nitrogens is 1. The van der Waals surface area contributed by atoms with Crippen LogP contribution < -0.4 is 5.73 Å². The van der Waals surface area contributed by atoms with E-state index < -0.39 is 0 Å². The molecule has 0 aliphatic carbocycles. The van der Waals surface area contributed by atoms with Crippen molar-refractivity contribution >= 4 is 11.7 Å². The SMILES string of the molecule is CCn1cc(C(=O)OC)c(-c2cccc(N)c2)c1. The van der Waals surface area contributed by atoms with Crippen molar-refractivity contribution in [3.63, 3.8) is 0 Å². The van der Waals surface area contributed by atoms with Crippen molar-refractivity contribution in [1.82, 2.24) is 4.57 Å². The Labute approximate surface area is 106 Å². The minimum Gasteiger partial charge on any atom is -0.465 e. The maximum atomic E-state index is 11.8. The molecule has 4 heteroatoms. The van der Waals surface area contributed by atoms with Crippen molar-refractivity contribution in [3.8, 4) is 11.1 Å². The van der Waals surface area contributed by atoms with Crippen molar-refractivity contribution in [3.05, 3.63) is 42.2 Å². The third-order valence-corrected chi connectivity index (χ3v) is 2.85. The van der Waals surface area contributed by atoms with Crippen molar-refractivity contribution < 1.29 is 9.53 Å². The molecule has 2 N–H and O–H groups in total. The monoisotopic (exact) mass is 244 g/mol. The summed E-state index contributed by atoms with van der Waals surface area (Å²) in [6.45, 7) is 2.82. The Balaban J connectivity index is 2.55. The maximum absolute atomic E-state index is 11.8. The van der Waals surface area contributed by atoms with E-state index in [1.165, 1.54) is 7.11 Å². The Morgan fingerprint density at radius 3 is 2.78 bits per heavy atom. The highest BCUT2D eigenvalue weighted by Crippen LogP contribution is 2.27. The number of nitrogens with zero attached hydrogens (tertiary/aromatic N) is 1. The van der Waals surface area contributed by atoms with E-state index in [1.807, 2.05) is 42.0 Å². The number of nitrogens with two attached hydrogens (primary N) is 1. The van der Waals surface area contributed by atoms with Crippen LogP contribution in [0.2, 0.25) is 0 Å². The van der Waals surface area contributed by atoms with Crippen LogP contribution in [0.1, 0.15) is 17.3 Å². The number of carbonyl (C=O) groups excluding carboxylic acids is 1. The van der Waals surface area contributed by atoms with Crippen LogP contribution in [-0.2, 0) is 11.3 Å². The summed E-state index contributed by atoms with van der Waals surface area (Å²) in [5.74, 6) is -0.334. The summed E-state index contributed by atoms with van der Waals surface area (Å²) in [6, 6.07) is 7.47. The molecular formula is C14H16N2O2. The average molecular weight is 244 g/mol. The van der Waals surface area contributed by atoms with Crippen LogP contribution in [0.4, 0.5) is 5.69 Å². The molecular weight excluding hydrogens is 228 g/mol. The van der Waals surface area contributed by atoms with E-state index in [2.05, 4.69) is 0 Å². The third kappa shape index (κ3) is 2.22. The Morgan fingerprint density at radius 1 is 1.39 bits per heavy atom. The molecule has 2 rings (SSSR count). The molecule has 0 spiro atoms. The molecule has 0 unspecified atom stereocenters. The zero-order chi connectivity index (χ0) is 13.1. The summed E-state index contributed by atoms with van der Waals surface area (Å²) in [6.07, 6.45) is 3.73. The minimum atomic E-state index is -0.334. The predicted octanol–water partition coefficient (Wildman–Crippen LogP) is 2.54. The summed E-state index contributed by atoms with van der Waals surface area (Å²) in [5, 5.41) is 0. The molecule has 94 valence electrons. The number of rotatable bonds is 3. The summed E-state index contributed by atoms with van der Waals surface area (Å²) >= 11 is 0. The molecule has 0 amide bonds. The van der Waals surface area contributed by atoms with Gasteiger partial charge in [0, 0.05) is 30.2 Å². The summed E-state index contributed by atoms with van der Waals surface area (Å²) in [5.41, 5.74) is 8.77. The lowest BCUT2D eigenvalue weighted by molar-refractivity contribution is 0.0601. The van der Waals surface area contributed by atoms with Gasteiger partial charge in [-0.2, -0.15) is 0 Å². The predicted molar refractivity (Wildman–Crippen MR) is 71.3 cm³/mol. The minimum absolute atomic E-state index is 0.334. The van der Waals surface area contributed by atoms with E-state index in [0.29, 0.717) is 11.3 Å². The number of methoxy groups -OCH3 is 1. The lowest BCUT2D eigenvalue weighted by Crippen LogP contribution is -2.01. The van der Waals surface area contributed by atoms with Crippen LogP contribution in [0, 0.1) is 0 Å². The van der Waals surface area contributed by atoms with E-state index in [4.69, 9.17) is 10.5 Å². The highest BCUT2D eigenvalue weighted by molar-refractivity contribution is 5.97. The molecule has 0 bridgehead atoms. The number of carbonyl (C=O) groups is 1. The van der Waals surface area contributed by atoms with Crippen LogP contribution in [0.25, 0.3) is 11.1 Å². The summed E-state index contributed by atoms with van der Waals surface area (Å²) < 4.78 is 6.75. The number of benzene rings is 1. The number of nitrogen functional groups attached to an aromatic ring is 1. The number of aryl methyl sites for hydroxylation is 1. The van der Waals surface area contributed by atoms with Gasteiger partial charge in [0.25, 0.3) is 0 Å². The van der Waals surface area contributed by atoms with Crippen LogP contribution in [-0.4, -0.2) is 17.6 Å². The molecule has 0 radical (unpaired) electrons. The quantitative estimate of drug-likeness (QED) is 0.666. The van der Waals surface area contributed by atoms with Crippen molar-refractivity contribution in [2.75, 3.05) is 12.8 Å². The Bertz CT molecular complexity index is 573. The second kappa shape index (κ2) is 4.96. The molecule has 0 atom stereocenters. The molecule has 2 aromatic rings. The average Bonchev–Trinajstić information content (AvgIpc) is 2.82. The third-order valence-electron chi connectivity index (χ3n) is 2.85. The largest absolute Gasteiger partial charge is 0.465 e. The van der Waals surface area contributed by atoms with E-state index >= 15 is 0 Å². The first kappa shape index (κ1) is 12.2. The van der Waals surface area contributed by atoms with Gasteiger partial charge in [0.15, 0.2) is 0 Å². The topological polar surface area (TPSA) is 57.2 Å². The summed E-state index contributed by atoms with van der Waals surface area (Å²) in [7, 11) is 1.38. The first-order valence-corrected chi connectivity index (χ1v) is 5.79. The van der Waals surface area contributed by atoms with E-state index in [9.17, 15) is 4.79 Å². The highest BCUT2D eigenvalue weighted by Gasteiger charge is 2.16. The van der Waals surface area contributed by atoms with E-state index in [1.54, 1.807) is 6.20 Å².